The van der Waals surface area contributed by atoms with Crippen LogP contribution < -0.4 is 16.0 Å². The number of methoxy groups -OCH3 is 1. The Morgan fingerprint density at radius 2 is 1.76 bits per heavy atom. The number of aryl methyl sites for hydroxylation is 1. The Hall–Kier alpha value is -4.54. The fourth-order valence-corrected chi connectivity index (χ4v) is 3.68. The van der Waals surface area contributed by atoms with Crippen molar-refractivity contribution < 1.29 is 14.1 Å². The Labute approximate surface area is 192 Å². The number of rotatable bonds is 7. The van der Waals surface area contributed by atoms with Crippen molar-refractivity contribution in [3.63, 3.8) is 0 Å². The average molecular weight is 465 g/mol. The van der Waals surface area contributed by atoms with Crippen LogP contribution in [0.25, 0.3) is 11.3 Å². The largest absolute Gasteiger partial charge is 0.497 e. The molecule has 2 heterocycles. The molecule has 0 atom stereocenters. The van der Waals surface area contributed by atoms with Gasteiger partial charge < -0.3 is 4.74 Å². The second-order valence-electron chi connectivity index (χ2n) is 7.56. The molecule has 0 unspecified atom stereocenters. The van der Waals surface area contributed by atoms with Gasteiger partial charge in [0, 0.05) is 24.4 Å². The van der Waals surface area contributed by atoms with Crippen molar-refractivity contribution in [2.45, 2.75) is 13.1 Å². The van der Waals surface area contributed by atoms with Crippen LogP contribution in [0.5, 0.6) is 5.75 Å². The first kappa shape index (κ1) is 22.6. The van der Waals surface area contributed by atoms with Crippen LogP contribution in [0, 0.1) is 15.9 Å². The van der Waals surface area contributed by atoms with Gasteiger partial charge in [0.1, 0.15) is 17.3 Å². The smallest absolute Gasteiger partial charge is 0.358 e. The lowest BCUT2D eigenvalue weighted by atomic mass is 10.1. The molecule has 0 saturated heterocycles. The summed E-state index contributed by atoms with van der Waals surface area (Å²) in [5.74, 6) is -0.0337. The van der Waals surface area contributed by atoms with E-state index in [9.17, 15) is 24.1 Å². The van der Waals surface area contributed by atoms with E-state index in [1.165, 1.54) is 42.4 Å². The maximum absolute atomic E-state index is 14.3. The van der Waals surface area contributed by atoms with Gasteiger partial charge >= 0.3 is 16.9 Å². The Balaban J connectivity index is 1.99. The lowest BCUT2D eigenvalue weighted by Gasteiger charge is -2.16. The van der Waals surface area contributed by atoms with Crippen LogP contribution in [0.1, 0.15) is 11.1 Å². The summed E-state index contributed by atoms with van der Waals surface area (Å²) >= 11 is 0. The van der Waals surface area contributed by atoms with Gasteiger partial charge in [0.15, 0.2) is 0 Å². The first-order valence-electron chi connectivity index (χ1n) is 10.2. The second-order valence-corrected chi connectivity index (χ2v) is 7.56. The molecule has 0 aliphatic rings. The van der Waals surface area contributed by atoms with Gasteiger partial charge in [-0.05, 0) is 23.8 Å². The van der Waals surface area contributed by atoms with Crippen molar-refractivity contribution in [3.05, 3.63) is 109 Å². The molecule has 0 fully saturated rings. The quantitative estimate of drug-likeness (QED) is 0.306. The number of benzene rings is 2. The molecule has 0 N–H and O–H groups in total. The van der Waals surface area contributed by atoms with E-state index < -0.39 is 34.2 Å². The van der Waals surface area contributed by atoms with Crippen LogP contribution in [0.4, 0.5) is 10.1 Å². The first-order chi connectivity index (χ1) is 16.3. The molecule has 174 valence electrons. The van der Waals surface area contributed by atoms with E-state index in [2.05, 4.69) is 5.10 Å². The summed E-state index contributed by atoms with van der Waals surface area (Å²) in [5.41, 5.74) is -1.97. The molecule has 0 spiro atoms. The van der Waals surface area contributed by atoms with E-state index in [1.54, 1.807) is 37.4 Å². The van der Waals surface area contributed by atoms with Crippen molar-refractivity contribution in [2.75, 3.05) is 7.11 Å². The van der Waals surface area contributed by atoms with Crippen molar-refractivity contribution >= 4 is 5.69 Å². The number of hydrogen-bond acceptors (Lipinski definition) is 6. The number of nitro groups is 1. The molecule has 4 aromatic rings. The van der Waals surface area contributed by atoms with E-state index in [4.69, 9.17) is 4.74 Å². The molecular weight excluding hydrogens is 445 g/mol. The van der Waals surface area contributed by atoms with Crippen molar-refractivity contribution in [1.82, 2.24) is 18.9 Å². The number of ether oxygens (including phenoxy) is 1. The van der Waals surface area contributed by atoms with Crippen LogP contribution in [-0.2, 0) is 20.1 Å². The van der Waals surface area contributed by atoms with E-state index in [1.807, 2.05) is 0 Å². The lowest BCUT2D eigenvalue weighted by molar-refractivity contribution is -0.386. The van der Waals surface area contributed by atoms with Crippen LogP contribution in [0.3, 0.4) is 0 Å². The predicted octanol–water partition coefficient (Wildman–Crippen LogP) is 2.56. The molecule has 0 radical (unpaired) electrons. The fraction of sp³-hybridized carbons (Fsp3) is 0.174. The lowest BCUT2D eigenvalue weighted by Crippen LogP contribution is -2.42. The van der Waals surface area contributed by atoms with Gasteiger partial charge in [-0.3, -0.25) is 24.2 Å². The van der Waals surface area contributed by atoms with E-state index in [-0.39, 0.29) is 23.4 Å². The van der Waals surface area contributed by atoms with Gasteiger partial charge in [-0.1, -0.05) is 30.3 Å². The Morgan fingerprint density at radius 1 is 1.06 bits per heavy atom. The Bertz CT molecular complexity index is 1490. The highest BCUT2D eigenvalue weighted by atomic mass is 19.1. The monoisotopic (exact) mass is 465 g/mol. The van der Waals surface area contributed by atoms with Gasteiger partial charge in [0.25, 0.3) is 0 Å². The van der Waals surface area contributed by atoms with Gasteiger partial charge in [-0.15, -0.1) is 0 Å². The molecule has 10 nitrogen and oxygen atoms in total. The maximum Gasteiger partial charge on any atom is 0.358 e. The second kappa shape index (κ2) is 9.14. The third-order valence-corrected chi connectivity index (χ3v) is 5.35. The number of halogens is 1. The molecule has 0 amide bonds. The molecule has 0 aliphatic heterocycles. The summed E-state index contributed by atoms with van der Waals surface area (Å²) in [7, 11) is 3.13. The number of hydrogen-bond donors (Lipinski definition) is 0. The molecule has 34 heavy (non-hydrogen) atoms. The molecule has 0 saturated carbocycles. The highest BCUT2D eigenvalue weighted by Gasteiger charge is 2.30. The summed E-state index contributed by atoms with van der Waals surface area (Å²) in [6.07, 6.45) is 2.82. The highest BCUT2D eigenvalue weighted by molar-refractivity contribution is 5.68. The number of nitrogens with zero attached hydrogens (tertiary/aromatic N) is 5. The van der Waals surface area contributed by atoms with E-state index in [0.29, 0.717) is 15.9 Å². The van der Waals surface area contributed by atoms with E-state index in [0.717, 1.165) is 4.57 Å². The van der Waals surface area contributed by atoms with Crippen molar-refractivity contribution in [2.24, 2.45) is 7.05 Å². The number of aromatic nitrogens is 4. The highest BCUT2D eigenvalue weighted by Crippen LogP contribution is 2.26. The molecule has 11 heteroatoms. The standard InChI is InChI=1S/C23H20FN5O5/c1-26-13-17(11-25-26)20-21(29(32)33)22(30)28(14-16-5-3-4-6-19(16)24)23(31)27(20)12-15-7-9-18(34-2)10-8-15/h3-11,13H,12,14H2,1-2H3. The minimum Gasteiger partial charge on any atom is -0.497 e. The SMILES string of the molecule is COc1ccc(Cn2c(-c3cnn(C)c3)c([N+](=O)[O-])c(=O)n(Cc3ccccc3F)c2=O)cc1. The summed E-state index contributed by atoms with van der Waals surface area (Å²) in [4.78, 5) is 37.9. The summed E-state index contributed by atoms with van der Waals surface area (Å²) in [5, 5.41) is 16.1. The third kappa shape index (κ3) is 4.22. The summed E-state index contributed by atoms with van der Waals surface area (Å²) < 4.78 is 22.7. The van der Waals surface area contributed by atoms with Crippen LogP contribution >= 0.6 is 0 Å². The van der Waals surface area contributed by atoms with Crippen LogP contribution in [0.15, 0.2) is 70.5 Å². The average Bonchev–Trinajstić information content (AvgIpc) is 3.25. The Morgan fingerprint density at radius 3 is 2.35 bits per heavy atom. The zero-order valence-electron chi connectivity index (χ0n) is 18.3. The van der Waals surface area contributed by atoms with Crippen LogP contribution in [0.2, 0.25) is 0 Å². The van der Waals surface area contributed by atoms with Crippen molar-refractivity contribution in [1.29, 1.82) is 0 Å². The van der Waals surface area contributed by atoms with E-state index >= 15 is 0 Å². The molecule has 2 aromatic heterocycles. The summed E-state index contributed by atoms with van der Waals surface area (Å²) in [6, 6.07) is 12.4. The molecular formula is C23H20FN5O5. The normalized spacial score (nSPS) is 10.9. The van der Waals surface area contributed by atoms with Gasteiger partial charge in [-0.25, -0.2) is 13.8 Å². The van der Waals surface area contributed by atoms with Gasteiger partial charge in [0.2, 0.25) is 0 Å². The summed E-state index contributed by atoms with van der Waals surface area (Å²) in [6.45, 7) is -0.535. The predicted molar refractivity (Wildman–Crippen MR) is 121 cm³/mol. The topological polar surface area (TPSA) is 114 Å². The molecule has 4 rings (SSSR count). The fourth-order valence-electron chi connectivity index (χ4n) is 3.68. The maximum atomic E-state index is 14.3. The zero-order chi connectivity index (χ0) is 24.4. The molecule has 0 bridgehead atoms. The van der Waals surface area contributed by atoms with Crippen LogP contribution in [-0.4, -0.2) is 30.9 Å². The van der Waals surface area contributed by atoms with Crippen molar-refractivity contribution in [3.8, 4) is 17.0 Å². The molecule has 2 aromatic carbocycles. The Kier molecular flexibility index (Phi) is 6.09. The minimum atomic E-state index is -1.12. The third-order valence-electron chi connectivity index (χ3n) is 5.35. The first-order valence-corrected chi connectivity index (χ1v) is 10.2. The van der Waals surface area contributed by atoms with Gasteiger partial charge in [-0.2, -0.15) is 5.10 Å². The molecule has 0 aliphatic carbocycles. The minimum absolute atomic E-state index is 0.0566. The van der Waals surface area contributed by atoms with Gasteiger partial charge in [0.05, 0.1) is 31.3 Å². The zero-order valence-corrected chi connectivity index (χ0v) is 18.3.